The molecule has 0 spiro atoms. The van der Waals surface area contributed by atoms with Crippen LogP contribution in [0.2, 0.25) is 0 Å². The third-order valence-electron chi connectivity index (χ3n) is 4.68. The summed E-state index contributed by atoms with van der Waals surface area (Å²) in [5.74, 6) is -0.316. The molecule has 0 radical (unpaired) electrons. The summed E-state index contributed by atoms with van der Waals surface area (Å²) in [5.41, 5.74) is 2.50. The zero-order valence-electron chi connectivity index (χ0n) is 13.7. The topological polar surface area (TPSA) is 50.3 Å². The van der Waals surface area contributed by atoms with Crippen LogP contribution in [0.15, 0.2) is 53.6 Å². The lowest BCUT2D eigenvalue weighted by Gasteiger charge is -2.28. The van der Waals surface area contributed by atoms with Crippen LogP contribution < -0.4 is 0 Å². The van der Waals surface area contributed by atoms with E-state index in [0.29, 0.717) is 29.6 Å². The Hall–Kier alpha value is -2.31. The summed E-state index contributed by atoms with van der Waals surface area (Å²) in [6.45, 7) is 2.06. The number of para-hydroxylation sites is 1. The molecule has 2 heterocycles. The molecule has 1 aliphatic heterocycles. The van der Waals surface area contributed by atoms with Gasteiger partial charge in [-0.1, -0.05) is 30.3 Å². The largest absolute Gasteiger partial charge is 0.260 e. The number of benzene rings is 2. The van der Waals surface area contributed by atoms with Gasteiger partial charge in [0.15, 0.2) is 5.03 Å². The SMILES string of the molecule is Cc1ccc2c(c1F)CN(S(=O)(=O)c1ccc3ccccc3n1)CC2. The second kappa shape index (κ2) is 5.89. The number of aryl methyl sites for hydroxylation is 1. The van der Waals surface area contributed by atoms with Gasteiger partial charge in [0.25, 0.3) is 10.0 Å². The molecule has 0 fully saturated rings. The Labute approximate surface area is 146 Å². The van der Waals surface area contributed by atoms with Crippen LogP contribution in [-0.4, -0.2) is 24.3 Å². The molecular formula is C19H17FN2O2S. The normalized spacial score (nSPS) is 15.3. The van der Waals surface area contributed by atoms with Crippen molar-refractivity contribution >= 4 is 20.9 Å². The van der Waals surface area contributed by atoms with Gasteiger partial charge >= 0.3 is 0 Å². The van der Waals surface area contributed by atoms with Crippen LogP contribution in [0, 0.1) is 12.7 Å². The second-order valence-electron chi connectivity index (χ2n) is 6.26. The molecule has 0 amide bonds. The van der Waals surface area contributed by atoms with E-state index in [1.807, 2.05) is 24.3 Å². The van der Waals surface area contributed by atoms with Gasteiger partial charge in [-0.2, -0.15) is 4.31 Å². The van der Waals surface area contributed by atoms with Crippen LogP contribution in [0.25, 0.3) is 10.9 Å². The van der Waals surface area contributed by atoms with Crippen LogP contribution in [0.5, 0.6) is 0 Å². The first kappa shape index (κ1) is 16.2. The van der Waals surface area contributed by atoms with Crippen molar-refractivity contribution < 1.29 is 12.8 Å². The number of nitrogens with zero attached hydrogens (tertiary/aromatic N) is 2. The highest BCUT2D eigenvalue weighted by Crippen LogP contribution is 2.28. The Kier molecular flexibility index (Phi) is 3.81. The van der Waals surface area contributed by atoms with Crippen molar-refractivity contribution in [1.82, 2.24) is 9.29 Å². The van der Waals surface area contributed by atoms with Gasteiger partial charge in [0.2, 0.25) is 0 Å². The summed E-state index contributed by atoms with van der Waals surface area (Å²) in [5, 5.41) is 0.884. The van der Waals surface area contributed by atoms with Gasteiger partial charge in [-0.25, -0.2) is 17.8 Å². The first-order valence-corrected chi connectivity index (χ1v) is 9.53. The van der Waals surface area contributed by atoms with Crippen molar-refractivity contribution in [2.24, 2.45) is 0 Å². The average molecular weight is 356 g/mol. The third-order valence-corrected chi connectivity index (χ3v) is 6.42. The number of aromatic nitrogens is 1. The number of hydrogen-bond donors (Lipinski definition) is 0. The lowest BCUT2D eigenvalue weighted by molar-refractivity contribution is 0.379. The molecule has 2 aromatic carbocycles. The number of sulfonamides is 1. The van der Waals surface area contributed by atoms with Gasteiger partial charge in [-0.3, -0.25) is 0 Å². The molecule has 25 heavy (non-hydrogen) atoms. The van der Waals surface area contributed by atoms with Gasteiger partial charge in [0, 0.05) is 24.0 Å². The fourth-order valence-electron chi connectivity index (χ4n) is 3.21. The highest BCUT2D eigenvalue weighted by atomic mass is 32.2. The number of halogens is 1. The molecule has 6 heteroatoms. The van der Waals surface area contributed by atoms with E-state index in [1.54, 1.807) is 25.1 Å². The van der Waals surface area contributed by atoms with E-state index in [-0.39, 0.29) is 17.4 Å². The molecule has 0 aliphatic carbocycles. The monoisotopic (exact) mass is 356 g/mol. The Balaban J connectivity index is 1.74. The molecule has 4 nitrogen and oxygen atoms in total. The fraction of sp³-hybridized carbons (Fsp3) is 0.211. The van der Waals surface area contributed by atoms with Gasteiger partial charge in [-0.15, -0.1) is 0 Å². The van der Waals surface area contributed by atoms with Gasteiger partial charge < -0.3 is 0 Å². The smallest absolute Gasteiger partial charge is 0.235 e. The summed E-state index contributed by atoms with van der Waals surface area (Å²) in [4.78, 5) is 4.29. The zero-order valence-corrected chi connectivity index (χ0v) is 14.6. The summed E-state index contributed by atoms with van der Waals surface area (Å²) >= 11 is 0. The van der Waals surface area contributed by atoms with E-state index < -0.39 is 10.0 Å². The highest BCUT2D eigenvalue weighted by molar-refractivity contribution is 7.89. The first-order valence-electron chi connectivity index (χ1n) is 8.09. The zero-order chi connectivity index (χ0) is 17.6. The maximum absolute atomic E-state index is 14.4. The summed E-state index contributed by atoms with van der Waals surface area (Å²) in [7, 11) is -3.77. The van der Waals surface area contributed by atoms with Crippen molar-refractivity contribution in [3.8, 4) is 0 Å². The fourth-order valence-corrected chi connectivity index (χ4v) is 4.56. The van der Waals surface area contributed by atoms with Crippen LogP contribution >= 0.6 is 0 Å². The molecule has 1 aliphatic rings. The number of pyridine rings is 1. The second-order valence-corrected chi connectivity index (χ2v) is 8.15. The molecule has 1 aromatic heterocycles. The Morgan fingerprint density at radius 2 is 1.88 bits per heavy atom. The molecule has 0 unspecified atom stereocenters. The maximum Gasteiger partial charge on any atom is 0.260 e. The molecule has 0 bridgehead atoms. The minimum absolute atomic E-state index is 0.00251. The minimum Gasteiger partial charge on any atom is -0.235 e. The Morgan fingerprint density at radius 1 is 1.08 bits per heavy atom. The highest BCUT2D eigenvalue weighted by Gasteiger charge is 2.31. The Bertz CT molecular complexity index is 1080. The lowest BCUT2D eigenvalue weighted by atomic mass is 9.98. The van der Waals surface area contributed by atoms with E-state index in [4.69, 9.17) is 0 Å². The molecule has 0 N–H and O–H groups in total. The van der Waals surface area contributed by atoms with Crippen molar-refractivity contribution in [2.45, 2.75) is 24.9 Å². The summed E-state index contributed by atoms with van der Waals surface area (Å²) in [6.07, 6.45) is 0.499. The van der Waals surface area contributed by atoms with E-state index in [0.717, 1.165) is 10.9 Å². The maximum atomic E-state index is 14.4. The standard InChI is InChI=1S/C19H17FN2O2S/c1-13-6-7-14-10-11-22(12-16(14)19(13)20)25(23,24)18-9-8-15-4-2-3-5-17(15)21-18/h2-9H,10-12H2,1H3. The Morgan fingerprint density at radius 3 is 2.72 bits per heavy atom. The predicted octanol–water partition coefficient (Wildman–Crippen LogP) is 3.43. The number of fused-ring (bicyclic) bond motifs is 2. The van der Waals surface area contributed by atoms with Gasteiger partial charge in [0.1, 0.15) is 5.82 Å². The quantitative estimate of drug-likeness (QED) is 0.707. The van der Waals surface area contributed by atoms with Crippen LogP contribution in [0.3, 0.4) is 0 Å². The van der Waals surface area contributed by atoms with Crippen LogP contribution in [0.1, 0.15) is 16.7 Å². The van der Waals surface area contributed by atoms with Crippen molar-refractivity contribution in [1.29, 1.82) is 0 Å². The van der Waals surface area contributed by atoms with Gasteiger partial charge in [-0.05, 0) is 42.7 Å². The molecule has 0 saturated heterocycles. The average Bonchev–Trinajstić information content (AvgIpc) is 2.64. The molecule has 4 rings (SSSR count). The number of hydrogen-bond acceptors (Lipinski definition) is 3. The van der Waals surface area contributed by atoms with Crippen molar-refractivity contribution in [3.05, 3.63) is 71.0 Å². The van der Waals surface area contributed by atoms with E-state index >= 15 is 0 Å². The molecule has 128 valence electrons. The molecule has 3 aromatic rings. The molecular weight excluding hydrogens is 339 g/mol. The third kappa shape index (κ3) is 2.71. The summed E-state index contributed by atoms with van der Waals surface area (Å²) < 4.78 is 41.7. The molecule has 0 saturated carbocycles. The van der Waals surface area contributed by atoms with Crippen LogP contribution in [0.4, 0.5) is 4.39 Å². The van der Waals surface area contributed by atoms with E-state index in [2.05, 4.69) is 4.98 Å². The summed E-state index contributed by atoms with van der Waals surface area (Å²) in [6, 6.07) is 14.2. The van der Waals surface area contributed by atoms with Gasteiger partial charge in [0.05, 0.1) is 5.52 Å². The lowest BCUT2D eigenvalue weighted by Crippen LogP contribution is -2.37. The predicted molar refractivity (Wildman–Crippen MR) is 94.2 cm³/mol. The van der Waals surface area contributed by atoms with Crippen LogP contribution in [-0.2, 0) is 23.0 Å². The molecule has 0 atom stereocenters. The van der Waals surface area contributed by atoms with E-state index in [1.165, 1.54) is 10.4 Å². The minimum atomic E-state index is -3.77. The van der Waals surface area contributed by atoms with E-state index in [9.17, 15) is 12.8 Å². The number of rotatable bonds is 2. The van der Waals surface area contributed by atoms with Crippen molar-refractivity contribution in [3.63, 3.8) is 0 Å². The van der Waals surface area contributed by atoms with Crippen molar-refractivity contribution in [2.75, 3.05) is 6.54 Å². The first-order chi connectivity index (χ1) is 12.0.